The Kier molecular flexibility index (Phi) is 2.52. The molecule has 2 saturated heterocycles. The Hall–Kier alpha value is -0.570. The Morgan fingerprint density at radius 1 is 1.43 bits per heavy atom. The van der Waals surface area contributed by atoms with Gasteiger partial charge in [0.2, 0.25) is 5.91 Å². The van der Waals surface area contributed by atoms with Gasteiger partial charge in [-0.05, 0) is 46.1 Å². The van der Waals surface area contributed by atoms with Crippen LogP contribution in [0.2, 0.25) is 0 Å². The van der Waals surface area contributed by atoms with E-state index in [4.69, 9.17) is 0 Å². The third kappa shape index (κ3) is 1.65. The van der Waals surface area contributed by atoms with Crippen LogP contribution in [0.1, 0.15) is 39.5 Å². The average Bonchev–Trinajstić information content (AvgIpc) is 2.71. The molecule has 14 heavy (non-hydrogen) atoms. The molecule has 2 aliphatic heterocycles. The molecule has 0 aromatic heterocycles. The summed E-state index contributed by atoms with van der Waals surface area (Å²) >= 11 is 0. The highest BCUT2D eigenvalue weighted by Crippen LogP contribution is 2.29. The maximum absolute atomic E-state index is 12.1. The molecule has 2 rings (SSSR count). The van der Waals surface area contributed by atoms with E-state index in [1.807, 2.05) is 0 Å². The monoisotopic (exact) mass is 196 g/mol. The Balaban J connectivity index is 2.03. The van der Waals surface area contributed by atoms with Crippen molar-refractivity contribution < 1.29 is 4.79 Å². The van der Waals surface area contributed by atoms with E-state index in [2.05, 4.69) is 24.1 Å². The van der Waals surface area contributed by atoms with Crippen LogP contribution in [0.4, 0.5) is 0 Å². The van der Waals surface area contributed by atoms with Gasteiger partial charge >= 0.3 is 0 Å². The summed E-state index contributed by atoms with van der Waals surface area (Å²) in [6.07, 6.45) is 4.47. The Morgan fingerprint density at radius 2 is 2.21 bits per heavy atom. The first-order chi connectivity index (χ1) is 6.61. The molecule has 0 bridgehead atoms. The molecule has 2 heterocycles. The number of amides is 1. The largest absolute Gasteiger partial charge is 0.336 e. The minimum atomic E-state index is 0.0847. The fourth-order valence-electron chi connectivity index (χ4n) is 2.60. The molecule has 2 fully saturated rings. The van der Waals surface area contributed by atoms with Crippen LogP contribution in [-0.2, 0) is 4.79 Å². The quantitative estimate of drug-likeness (QED) is 0.682. The maximum atomic E-state index is 12.1. The normalized spacial score (nSPS) is 31.0. The van der Waals surface area contributed by atoms with Crippen LogP contribution in [0.5, 0.6) is 0 Å². The van der Waals surface area contributed by atoms with E-state index < -0.39 is 0 Å². The predicted molar refractivity (Wildman–Crippen MR) is 56.1 cm³/mol. The number of nitrogens with zero attached hydrogens (tertiary/aromatic N) is 1. The number of carbonyl (C=O) groups excluding carboxylic acids is 1. The summed E-state index contributed by atoms with van der Waals surface area (Å²) in [5.41, 5.74) is 0.0847. The Morgan fingerprint density at radius 3 is 2.71 bits per heavy atom. The number of carbonyl (C=O) groups is 1. The average molecular weight is 196 g/mol. The molecule has 0 aromatic carbocycles. The number of nitrogens with one attached hydrogen (secondary N) is 1. The van der Waals surface area contributed by atoms with Gasteiger partial charge in [0.25, 0.3) is 0 Å². The summed E-state index contributed by atoms with van der Waals surface area (Å²) in [5, 5.41) is 3.28. The van der Waals surface area contributed by atoms with Crippen molar-refractivity contribution in [2.45, 2.75) is 51.1 Å². The minimum Gasteiger partial charge on any atom is -0.336 e. The summed E-state index contributed by atoms with van der Waals surface area (Å²) < 4.78 is 0. The lowest BCUT2D eigenvalue weighted by molar-refractivity contribution is -0.136. The molecule has 3 heteroatoms. The second-order valence-corrected chi connectivity index (χ2v) is 5.05. The molecule has 0 aliphatic carbocycles. The van der Waals surface area contributed by atoms with Crippen molar-refractivity contribution in [3.63, 3.8) is 0 Å². The minimum absolute atomic E-state index is 0.0847. The van der Waals surface area contributed by atoms with E-state index in [0.29, 0.717) is 5.91 Å². The first-order valence-corrected chi connectivity index (χ1v) is 5.66. The van der Waals surface area contributed by atoms with Crippen molar-refractivity contribution in [1.29, 1.82) is 0 Å². The lowest BCUT2D eigenvalue weighted by atomic mass is 10.0. The molecule has 0 saturated carbocycles. The third-order valence-corrected chi connectivity index (χ3v) is 3.53. The van der Waals surface area contributed by atoms with Crippen LogP contribution in [0.25, 0.3) is 0 Å². The van der Waals surface area contributed by atoms with Crippen molar-refractivity contribution in [1.82, 2.24) is 10.2 Å². The highest BCUT2D eigenvalue weighted by molar-refractivity contribution is 5.83. The van der Waals surface area contributed by atoms with E-state index in [0.717, 1.165) is 38.8 Å². The third-order valence-electron chi connectivity index (χ3n) is 3.53. The smallest absolute Gasteiger partial charge is 0.240 e. The molecule has 80 valence electrons. The fourth-order valence-corrected chi connectivity index (χ4v) is 2.60. The molecular formula is C11H20N2O. The number of hydrogen-bond donors (Lipinski definition) is 1. The van der Waals surface area contributed by atoms with Crippen molar-refractivity contribution in [2.24, 2.45) is 0 Å². The number of rotatable bonds is 1. The maximum Gasteiger partial charge on any atom is 0.240 e. The predicted octanol–water partition coefficient (Wildman–Crippen LogP) is 1.14. The summed E-state index contributed by atoms with van der Waals surface area (Å²) in [7, 11) is 0. The fraction of sp³-hybridized carbons (Fsp3) is 0.909. The molecule has 1 N–H and O–H groups in total. The summed E-state index contributed by atoms with van der Waals surface area (Å²) in [4.78, 5) is 14.2. The van der Waals surface area contributed by atoms with Crippen LogP contribution < -0.4 is 5.32 Å². The topological polar surface area (TPSA) is 32.3 Å². The van der Waals surface area contributed by atoms with Crippen LogP contribution in [0, 0.1) is 0 Å². The van der Waals surface area contributed by atoms with E-state index in [-0.39, 0.29) is 11.6 Å². The van der Waals surface area contributed by atoms with Crippen molar-refractivity contribution in [3.8, 4) is 0 Å². The van der Waals surface area contributed by atoms with E-state index in [1.54, 1.807) is 0 Å². The molecule has 1 amide bonds. The standard InChI is InChI=1S/C11H20N2O/c1-11(2)6-4-8-13(11)10(14)9-5-3-7-12-9/h9,12H,3-8H2,1-2H3. The lowest BCUT2D eigenvalue weighted by Gasteiger charge is -2.33. The van der Waals surface area contributed by atoms with Gasteiger partial charge in [-0.1, -0.05) is 0 Å². The Bertz CT molecular complexity index is 231. The van der Waals surface area contributed by atoms with Crippen LogP contribution in [0.3, 0.4) is 0 Å². The second-order valence-electron chi connectivity index (χ2n) is 5.05. The zero-order valence-corrected chi connectivity index (χ0v) is 9.18. The van der Waals surface area contributed by atoms with Gasteiger partial charge in [-0.25, -0.2) is 0 Å². The highest BCUT2D eigenvalue weighted by atomic mass is 16.2. The molecule has 0 aromatic rings. The molecule has 0 spiro atoms. The van der Waals surface area contributed by atoms with Gasteiger partial charge in [0.05, 0.1) is 6.04 Å². The zero-order chi connectivity index (χ0) is 10.2. The molecule has 3 nitrogen and oxygen atoms in total. The van der Waals surface area contributed by atoms with Crippen LogP contribution in [0.15, 0.2) is 0 Å². The van der Waals surface area contributed by atoms with Crippen molar-refractivity contribution in [2.75, 3.05) is 13.1 Å². The van der Waals surface area contributed by atoms with Crippen molar-refractivity contribution >= 4 is 5.91 Å². The van der Waals surface area contributed by atoms with Gasteiger partial charge in [-0.3, -0.25) is 4.79 Å². The first-order valence-electron chi connectivity index (χ1n) is 5.66. The van der Waals surface area contributed by atoms with Crippen molar-refractivity contribution in [3.05, 3.63) is 0 Å². The lowest BCUT2D eigenvalue weighted by Crippen LogP contribution is -2.50. The van der Waals surface area contributed by atoms with Gasteiger partial charge in [-0.2, -0.15) is 0 Å². The molecule has 0 radical (unpaired) electrons. The Labute approximate surface area is 85.8 Å². The van der Waals surface area contributed by atoms with Gasteiger partial charge in [-0.15, -0.1) is 0 Å². The second kappa shape index (κ2) is 3.54. The van der Waals surface area contributed by atoms with Crippen LogP contribution in [-0.4, -0.2) is 35.5 Å². The zero-order valence-electron chi connectivity index (χ0n) is 9.18. The van der Waals surface area contributed by atoms with Gasteiger partial charge in [0.1, 0.15) is 0 Å². The molecular weight excluding hydrogens is 176 g/mol. The van der Waals surface area contributed by atoms with Gasteiger partial charge < -0.3 is 10.2 Å². The molecule has 1 unspecified atom stereocenters. The molecule has 1 atom stereocenters. The number of hydrogen-bond acceptors (Lipinski definition) is 2. The van der Waals surface area contributed by atoms with E-state index >= 15 is 0 Å². The summed E-state index contributed by atoms with van der Waals surface area (Å²) in [6.45, 7) is 6.30. The van der Waals surface area contributed by atoms with Gasteiger partial charge in [0.15, 0.2) is 0 Å². The highest BCUT2D eigenvalue weighted by Gasteiger charge is 2.38. The summed E-state index contributed by atoms with van der Waals surface area (Å²) in [6, 6.07) is 0.104. The SMILES string of the molecule is CC1(C)CCCN1C(=O)C1CCCN1. The van der Waals surface area contributed by atoms with E-state index in [1.165, 1.54) is 0 Å². The molecule has 2 aliphatic rings. The van der Waals surface area contributed by atoms with Crippen LogP contribution >= 0.6 is 0 Å². The number of likely N-dealkylation sites (tertiary alicyclic amines) is 1. The van der Waals surface area contributed by atoms with E-state index in [9.17, 15) is 4.79 Å². The van der Waals surface area contributed by atoms with Gasteiger partial charge in [0, 0.05) is 12.1 Å². The summed E-state index contributed by atoms with van der Waals surface area (Å²) in [5.74, 6) is 0.324. The first kappa shape index (κ1) is 9.97.